The van der Waals surface area contributed by atoms with E-state index in [-0.39, 0.29) is 0 Å². The highest BCUT2D eigenvalue weighted by atomic mass is 15.3. The second kappa shape index (κ2) is 6.11. The van der Waals surface area contributed by atoms with Gasteiger partial charge in [-0.2, -0.15) is 5.10 Å². The van der Waals surface area contributed by atoms with Crippen LogP contribution in [0.1, 0.15) is 25.8 Å². The molecule has 0 atom stereocenters. The van der Waals surface area contributed by atoms with Crippen molar-refractivity contribution in [1.82, 2.24) is 4.68 Å². The smallest absolute Gasteiger partial charge is 0.170 e. The van der Waals surface area contributed by atoms with Crippen molar-refractivity contribution in [2.75, 3.05) is 5.84 Å². The standard InChI is InChI=1S/C6H10N4.C3H8/c1-5-2-3-6(9-7)10(8)4-5;1-3-2/h2-4H,7-8H2,1H3;3H2,1-2H3/b9-6-;. The minimum absolute atomic E-state index is 0.561. The molecule has 0 radical (unpaired) electrons. The van der Waals surface area contributed by atoms with Crippen LogP contribution in [-0.4, -0.2) is 4.68 Å². The quantitative estimate of drug-likeness (QED) is 0.458. The summed E-state index contributed by atoms with van der Waals surface area (Å²) in [5.74, 6) is 10.5. The van der Waals surface area contributed by atoms with Crippen molar-refractivity contribution in [3.8, 4) is 0 Å². The number of aryl methyl sites for hydroxylation is 1. The summed E-state index contributed by atoms with van der Waals surface area (Å²) >= 11 is 0. The Balaban J connectivity index is 0.000000424. The van der Waals surface area contributed by atoms with Crippen LogP contribution < -0.4 is 17.2 Å². The van der Waals surface area contributed by atoms with Gasteiger partial charge in [0.05, 0.1) is 0 Å². The number of hydrogen-bond donors (Lipinski definition) is 2. The van der Waals surface area contributed by atoms with E-state index in [4.69, 9.17) is 11.7 Å². The summed E-state index contributed by atoms with van der Waals surface area (Å²) < 4.78 is 1.38. The molecule has 4 nitrogen and oxygen atoms in total. The van der Waals surface area contributed by atoms with Gasteiger partial charge in [0.1, 0.15) is 0 Å². The zero-order valence-electron chi connectivity index (χ0n) is 8.49. The van der Waals surface area contributed by atoms with Gasteiger partial charge in [-0.05, 0) is 18.6 Å². The maximum Gasteiger partial charge on any atom is 0.170 e. The third-order valence-electron chi connectivity index (χ3n) is 1.23. The van der Waals surface area contributed by atoms with Crippen LogP contribution in [0.25, 0.3) is 0 Å². The average molecular weight is 182 g/mol. The zero-order valence-corrected chi connectivity index (χ0v) is 8.49. The van der Waals surface area contributed by atoms with E-state index < -0.39 is 0 Å². The van der Waals surface area contributed by atoms with Crippen molar-refractivity contribution >= 4 is 0 Å². The lowest BCUT2D eigenvalue weighted by molar-refractivity contribution is 0.867. The lowest BCUT2D eigenvalue weighted by Crippen LogP contribution is -2.28. The van der Waals surface area contributed by atoms with Gasteiger partial charge < -0.3 is 11.7 Å². The van der Waals surface area contributed by atoms with Gasteiger partial charge in [-0.15, -0.1) is 0 Å². The summed E-state index contributed by atoms with van der Waals surface area (Å²) in [7, 11) is 0. The first-order valence-electron chi connectivity index (χ1n) is 4.34. The van der Waals surface area contributed by atoms with Crippen molar-refractivity contribution in [3.63, 3.8) is 0 Å². The normalized spacial score (nSPS) is 10.5. The largest absolute Gasteiger partial charge is 0.338 e. The number of nitrogens with zero attached hydrogens (tertiary/aromatic N) is 2. The molecule has 0 aromatic carbocycles. The molecule has 4 N–H and O–H groups in total. The minimum atomic E-state index is 0.561. The summed E-state index contributed by atoms with van der Waals surface area (Å²) in [6.07, 6.45) is 3.01. The summed E-state index contributed by atoms with van der Waals surface area (Å²) in [5, 5.41) is 3.45. The molecule has 1 heterocycles. The fraction of sp³-hybridized carbons (Fsp3) is 0.444. The molecule has 0 saturated heterocycles. The van der Waals surface area contributed by atoms with E-state index in [1.807, 2.05) is 13.0 Å². The van der Waals surface area contributed by atoms with Gasteiger partial charge in [0, 0.05) is 6.20 Å². The number of nitrogens with two attached hydrogens (primary N) is 2. The third-order valence-corrected chi connectivity index (χ3v) is 1.23. The second-order valence-corrected chi connectivity index (χ2v) is 2.81. The molecule has 1 aromatic heterocycles. The maximum atomic E-state index is 5.47. The Morgan fingerprint density at radius 1 is 1.38 bits per heavy atom. The number of aromatic nitrogens is 1. The number of pyridine rings is 1. The number of rotatable bonds is 0. The minimum Gasteiger partial charge on any atom is -0.338 e. The molecule has 0 aliphatic heterocycles. The zero-order chi connectivity index (χ0) is 10.3. The van der Waals surface area contributed by atoms with E-state index in [0.29, 0.717) is 5.49 Å². The number of hydrogen-bond acceptors (Lipinski definition) is 3. The molecule has 0 spiro atoms. The van der Waals surface area contributed by atoms with Crippen LogP contribution in [0.3, 0.4) is 0 Å². The third kappa shape index (κ3) is 4.20. The molecular weight excluding hydrogens is 164 g/mol. The fourth-order valence-electron chi connectivity index (χ4n) is 0.730. The van der Waals surface area contributed by atoms with Crippen LogP contribution in [0.4, 0.5) is 0 Å². The van der Waals surface area contributed by atoms with Crippen molar-refractivity contribution in [1.29, 1.82) is 0 Å². The Bertz CT molecular complexity index is 301. The Hall–Kier alpha value is -1.45. The van der Waals surface area contributed by atoms with E-state index in [2.05, 4.69) is 18.9 Å². The van der Waals surface area contributed by atoms with Crippen molar-refractivity contribution in [2.24, 2.45) is 10.9 Å². The molecule has 4 heteroatoms. The van der Waals surface area contributed by atoms with Crippen LogP contribution in [0.2, 0.25) is 0 Å². The van der Waals surface area contributed by atoms with Crippen LogP contribution in [0.5, 0.6) is 0 Å². The van der Waals surface area contributed by atoms with Crippen LogP contribution in [0.15, 0.2) is 23.4 Å². The lowest BCUT2D eigenvalue weighted by atomic mass is 10.3. The van der Waals surface area contributed by atoms with Gasteiger partial charge in [0.25, 0.3) is 0 Å². The lowest BCUT2D eigenvalue weighted by Gasteiger charge is -1.98. The Morgan fingerprint density at radius 3 is 2.31 bits per heavy atom. The van der Waals surface area contributed by atoms with E-state index >= 15 is 0 Å². The topological polar surface area (TPSA) is 69.3 Å². The average Bonchev–Trinajstić information content (AvgIpc) is 2.06. The monoisotopic (exact) mass is 182 g/mol. The molecule has 0 fully saturated rings. The Morgan fingerprint density at radius 2 is 1.92 bits per heavy atom. The molecule has 0 aliphatic rings. The molecule has 1 rings (SSSR count). The molecule has 1 aromatic rings. The van der Waals surface area contributed by atoms with Crippen LogP contribution >= 0.6 is 0 Å². The first-order valence-corrected chi connectivity index (χ1v) is 4.34. The SMILES string of the molecule is CCC.Cc1cc/c(=N/N)n(N)c1. The highest BCUT2D eigenvalue weighted by Crippen LogP contribution is 1.87. The van der Waals surface area contributed by atoms with Gasteiger partial charge in [-0.3, -0.25) is 4.68 Å². The Labute approximate surface area is 78.8 Å². The van der Waals surface area contributed by atoms with Gasteiger partial charge in [0.2, 0.25) is 0 Å². The maximum absolute atomic E-state index is 5.47. The first kappa shape index (κ1) is 11.6. The molecule has 0 amide bonds. The predicted molar refractivity (Wildman–Crippen MR) is 55.0 cm³/mol. The molecule has 13 heavy (non-hydrogen) atoms. The van der Waals surface area contributed by atoms with E-state index in [1.54, 1.807) is 12.3 Å². The molecule has 0 aliphatic carbocycles. The van der Waals surface area contributed by atoms with Gasteiger partial charge in [0.15, 0.2) is 5.49 Å². The van der Waals surface area contributed by atoms with Crippen molar-refractivity contribution in [3.05, 3.63) is 29.4 Å². The second-order valence-electron chi connectivity index (χ2n) is 2.81. The Kier molecular flexibility index (Phi) is 5.43. The fourth-order valence-corrected chi connectivity index (χ4v) is 0.730. The first-order chi connectivity index (χ1) is 6.15. The van der Waals surface area contributed by atoms with Gasteiger partial charge >= 0.3 is 0 Å². The summed E-state index contributed by atoms with van der Waals surface area (Å²) in [4.78, 5) is 0. The predicted octanol–water partition coefficient (Wildman–Crippen LogP) is 0.701. The highest BCUT2D eigenvalue weighted by molar-refractivity contribution is 5.06. The number of nitrogen functional groups attached to an aromatic ring is 1. The molecule has 0 saturated carbocycles. The van der Waals surface area contributed by atoms with Crippen LogP contribution in [-0.2, 0) is 0 Å². The van der Waals surface area contributed by atoms with Crippen LogP contribution in [0, 0.1) is 6.92 Å². The van der Waals surface area contributed by atoms with Gasteiger partial charge in [-0.1, -0.05) is 26.3 Å². The van der Waals surface area contributed by atoms with E-state index in [9.17, 15) is 0 Å². The molecule has 0 unspecified atom stereocenters. The molecule has 74 valence electrons. The molecule has 0 bridgehead atoms. The van der Waals surface area contributed by atoms with Gasteiger partial charge in [-0.25, -0.2) is 0 Å². The van der Waals surface area contributed by atoms with Crippen molar-refractivity contribution in [2.45, 2.75) is 27.2 Å². The summed E-state index contributed by atoms with van der Waals surface area (Å²) in [5.41, 5.74) is 1.64. The van der Waals surface area contributed by atoms with E-state index in [0.717, 1.165) is 5.56 Å². The van der Waals surface area contributed by atoms with Crippen molar-refractivity contribution < 1.29 is 0 Å². The highest BCUT2D eigenvalue weighted by Gasteiger charge is 1.86. The summed E-state index contributed by atoms with van der Waals surface area (Å²) in [6.45, 7) is 6.20. The summed E-state index contributed by atoms with van der Waals surface area (Å²) in [6, 6.07) is 3.66. The molecular formula is C9H18N4. The van der Waals surface area contributed by atoms with E-state index in [1.165, 1.54) is 11.1 Å².